The topological polar surface area (TPSA) is 67.2 Å². The van der Waals surface area contributed by atoms with E-state index in [1.165, 1.54) is 17.1 Å². The maximum absolute atomic E-state index is 12.7. The van der Waals surface area contributed by atoms with Crippen LogP contribution in [0, 0.1) is 0 Å². The normalized spacial score (nSPS) is 14.9. The molecule has 1 aromatic carbocycles. The summed E-state index contributed by atoms with van der Waals surface area (Å²) in [7, 11) is 0. The summed E-state index contributed by atoms with van der Waals surface area (Å²) in [4.78, 5) is 21.5. The molecule has 150 valence electrons. The Morgan fingerprint density at radius 2 is 1.66 bits per heavy atom. The molecule has 29 heavy (non-hydrogen) atoms. The average molecular weight is 402 g/mol. The maximum Gasteiger partial charge on any atom is 0.417 e. The highest BCUT2D eigenvalue weighted by molar-refractivity contribution is 5.92. The van der Waals surface area contributed by atoms with E-state index in [1.54, 1.807) is 4.90 Å². The minimum Gasteiger partial charge on any atom is -0.353 e. The van der Waals surface area contributed by atoms with Crippen molar-refractivity contribution in [2.45, 2.75) is 6.18 Å². The highest BCUT2D eigenvalue weighted by Gasteiger charge is 2.31. The van der Waals surface area contributed by atoms with Gasteiger partial charge in [-0.3, -0.25) is 4.79 Å². The largest absolute Gasteiger partial charge is 0.417 e. The second-order valence-electron chi connectivity index (χ2n) is 6.54. The maximum atomic E-state index is 12.7. The number of hydrogen-bond donors (Lipinski definition) is 0. The molecule has 0 saturated carbocycles. The first-order valence-electron chi connectivity index (χ1n) is 8.97. The fraction of sp³-hybridized carbons (Fsp3) is 0.263. The second kappa shape index (κ2) is 7.53. The van der Waals surface area contributed by atoms with E-state index in [1.807, 2.05) is 35.2 Å². The Bertz CT molecular complexity index is 979. The average Bonchev–Trinajstić information content (AvgIpc) is 3.24. The molecular formula is C19H17F3N6O. The number of piperazine rings is 1. The Balaban J connectivity index is 1.38. The van der Waals surface area contributed by atoms with Gasteiger partial charge in [0.25, 0.3) is 5.91 Å². The van der Waals surface area contributed by atoms with E-state index in [9.17, 15) is 18.0 Å². The van der Waals surface area contributed by atoms with Crippen LogP contribution in [0.3, 0.4) is 0 Å². The van der Waals surface area contributed by atoms with Crippen molar-refractivity contribution in [1.82, 2.24) is 24.9 Å². The van der Waals surface area contributed by atoms with Crippen LogP contribution in [-0.2, 0) is 6.18 Å². The van der Waals surface area contributed by atoms with Crippen molar-refractivity contribution in [1.29, 1.82) is 0 Å². The molecule has 0 atom stereocenters. The number of carbonyl (C=O) groups is 1. The van der Waals surface area contributed by atoms with Crippen molar-refractivity contribution < 1.29 is 18.0 Å². The molecule has 10 heteroatoms. The van der Waals surface area contributed by atoms with Crippen LogP contribution in [0.25, 0.3) is 5.69 Å². The number of anilines is 1. The first-order valence-corrected chi connectivity index (χ1v) is 8.97. The van der Waals surface area contributed by atoms with Gasteiger partial charge in [0.1, 0.15) is 5.82 Å². The number of pyridine rings is 1. The molecule has 1 fully saturated rings. The van der Waals surface area contributed by atoms with Crippen LogP contribution in [0.15, 0.2) is 54.9 Å². The van der Waals surface area contributed by atoms with Gasteiger partial charge in [-0.25, -0.2) is 4.98 Å². The number of para-hydroxylation sites is 1. The molecule has 0 spiro atoms. The number of rotatable bonds is 3. The molecule has 1 saturated heterocycles. The fourth-order valence-corrected chi connectivity index (χ4v) is 3.09. The molecule has 2 aromatic heterocycles. The van der Waals surface area contributed by atoms with E-state index < -0.39 is 11.7 Å². The van der Waals surface area contributed by atoms with Gasteiger partial charge in [0.2, 0.25) is 0 Å². The van der Waals surface area contributed by atoms with Crippen LogP contribution in [-0.4, -0.2) is 57.0 Å². The van der Waals surface area contributed by atoms with Crippen LogP contribution in [0.4, 0.5) is 19.0 Å². The van der Waals surface area contributed by atoms with Gasteiger partial charge in [0.15, 0.2) is 5.69 Å². The lowest BCUT2D eigenvalue weighted by Gasteiger charge is -2.35. The van der Waals surface area contributed by atoms with Crippen molar-refractivity contribution in [2.75, 3.05) is 31.1 Å². The molecule has 7 nitrogen and oxygen atoms in total. The predicted molar refractivity (Wildman–Crippen MR) is 98.7 cm³/mol. The highest BCUT2D eigenvalue weighted by atomic mass is 19.4. The summed E-state index contributed by atoms with van der Waals surface area (Å²) in [6.07, 6.45) is -2.15. The lowest BCUT2D eigenvalue weighted by Crippen LogP contribution is -2.49. The van der Waals surface area contributed by atoms with Crippen LogP contribution in [0.2, 0.25) is 0 Å². The van der Waals surface area contributed by atoms with Crippen LogP contribution in [0.5, 0.6) is 0 Å². The fourth-order valence-electron chi connectivity index (χ4n) is 3.09. The van der Waals surface area contributed by atoms with Crippen molar-refractivity contribution in [3.8, 4) is 5.69 Å². The number of alkyl halides is 3. The molecule has 3 aromatic rings. The van der Waals surface area contributed by atoms with Crippen molar-refractivity contribution in [3.63, 3.8) is 0 Å². The van der Waals surface area contributed by atoms with Gasteiger partial charge in [0, 0.05) is 32.4 Å². The predicted octanol–water partition coefficient (Wildman–Crippen LogP) is 2.64. The monoisotopic (exact) mass is 402 g/mol. The van der Waals surface area contributed by atoms with Gasteiger partial charge < -0.3 is 9.80 Å². The van der Waals surface area contributed by atoms with Crippen molar-refractivity contribution >= 4 is 11.7 Å². The Kier molecular flexibility index (Phi) is 4.91. The summed E-state index contributed by atoms with van der Waals surface area (Å²) in [5.74, 6) is 0.229. The third-order valence-corrected chi connectivity index (χ3v) is 4.66. The zero-order valence-electron chi connectivity index (χ0n) is 15.3. The molecule has 4 rings (SSSR count). The minimum atomic E-state index is -4.41. The summed E-state index contributed by atoms with van der Waals surface area (Å²) < 4.78 is 38.0. The third kappa shape index (κ3) is 4.05. The Morgan fingerprint density at radius 3 is 2.28 bits per heavy atom. The van der Waals surface area contributed by atoms with Crippen molar-refractivity contribution in [2.24, 2.45) is 0 Å². The number of aromatic nitrogens is 4. The number of hydrogen-bond acceptors (Lipinski definition) is 5. The van der Waals surface area contributed by atoms with E-state index in [4.69, 9.17) is 0 Å². The molecule has 0 N–H and O–H groups in total. The van der Waals surface area contributed by atoms with Crippen LogP contribution >= 0.6 is 0 Å². The Hall–Kier alpha value is -3.43. The van der Waals surface area contributed by atoms with Crippen molar-refractivity contribution in [3.05, 3.63) is 66.1 Å². The van der Waals surface area contributed by atoms with Gasteiger partial charge in [-0.15, -0.1) is 5.10 Å². The number of nitrogens with zero attached hydrogens (tertiary/aromatic N) is 6. The molecule has 0 radical (unpaired) electrons. The summed E-state index contributed by atoms with van der Waals surface area (Å²) in [5, 5.41) is 8.39. The number of amides is 1. The summed E-state index contributed by atoms with van der Waals surface area (Å²) in [6.45, 7) is 1.77. The number of carbonyl (C=O) groups excluding carboxylic acids is 1. The zero-order valence-corrected chi connectivity index (χ0v) is 15.3. The zero-order chi connectivity index (χ0) is 20.4. The molecule has 1 aliphatic heterocycles. The summed E-state index contributed by atoms with van der Waals surface area (Å²) in [5.41, 5.74) is 0.219. The standard InChI is InChI=1S/C19H17F3N6O/c20-19(21,22)14-6-7-17(23-12-14)26-8-10-27(11-9-26)18(29)16-13-24-28(25-16)15-4-2-1-3-5-15/h1-7,12-13H,8-11H2. The molecule has 1 aliphatic rings. The highest BCUT2D eigenvalue weighted by Crippen LogP contribution is 2.29. The van der Waals surface area contributed by atoms with E-state index in [2.05, 4.69) is 15.2 Å². The van der Waals surface area contributed by atoms with Crippen LogP contribution in [0.1, 0.15) is 16.1 Å². The Labute approximate surface area is 164 Å². The second-order valence-corrected chi connectivity index (χ2v) is 6.54. The smallest absolute Gasteiger partial charge is 0.353 e. The van der Waals surface area contributed by atoms with E-state index in [0.717, 1.165) is 18.0 Å². The minimum absolute atomic E-state index is 0.229. The third-order valence-electron chi connectivity index (χ3n) is 4.66. The quantitative estimate of drug-likeness (QED) is 0.674. The van der Waals surface area contributed by atoms with Gasteiger partial charge in [-0.1, -0.05) is 18.2 Å². The van der Waals surface area contributed by atoms with Crippen LogP contribution < -0.4 is 4.90 Å². The van der Waals surface area contributed by atoms with E-state index in [0.29, 0.717) is 32.0 Å². The SMILES string of the molecule is O=C(c1cnn(-c2ccccc2)n1)N1CCN(c2ccc(C(F)(F)F)cn2)CC1. The molecular weight excluding hydrogens is 385 g/mol. The van der Waals surface area contributed by atoms with Gasteiger partial charge in [0.05, 0.1) is 17.4 Å². The number of benzene rings is 1. The van der Waals surface area contributed by atoms with Gasteiger partial charge >= 0.3 is 6.18 Å². The first kappa shape index (κ1) is 18.9. The number of halogens is 3. The molecule has 3 heterocycles. The lowest BCUT2D eigenvalue weighted by atomic mass is 10.2. The van der Waals surface area contributed by atoms with E-state index in [-0.39, 0.29) is 11.6 Å². The molecule has 0 unspecified atom stereocenters. The van der Waals surface area contributed by atoms with Gasteiger partial charge in [-0.05, 0) is 24.3 Å². The molecule has 0 bridgehead atoms. The molecule has 0 aliphatic carbocycles. The Morgan fingerprint density at radius 1 is 0.931 bits per heavy atom. The summed E-state index contributed by atoms with van der Waals surface area (Å²) >= 11 is 0. The van der Waals surface area contributed by atoms with Gasteiger partial charge in [-0.2, -0.15) is 23.1 Å². The molecule has 1 amide bonds. The summed E-state index contributed by atoms with van der Waals surface area (Å²) in [6, 6.07) is 11.6. The first-order chi connectivity index (χ1) is 13.9. The van der Waals surface area contributed by atoms with E-state index >= 15 is 0 Å². The lowest BCUT2D eigenvalue weighted by molar-refractivity contribution is -0.137.